The quantitative estimate of drug-likeness (QED) is 0.459. The number of carbonyl (C=O) groups excluding carboxylic acids is 3. The fourth-order valence-electron chi connectivity index (χ4n) is 6.56. The van der Waals surface area contributed by atoms with Gasteiger partial charge >= 0.3 is 0 Å². The molecule has 11 heteroatoms. The van der Waals surface area contributed by atoms with E-state index in [1.165, 1.54) is 4.90 Å². The highest BCUT2D eigenvalue weighted by Gasteiger charge is 2.78. The van der Waals surface area contributed by atoms with Crippen LogP contribution in [0.5, 0.6) is 0 Å². The van der Waals surface area contributed by atoms with Gasteiger partial charge in [-0.1, -0.05) is 31.2 Å². The summed E-state index contributed by atoms with van der Waals surface area (Å²) in [6.45, 7) is 5.90. The van der Waals surface area contributed by atoms with Crippen LogP contribution in [0.15, 0.2) is 24.3 Å². The summed E-state index contributed by atoms with van der Waals surface area (Å²) in [5.74, 6) is -2.37. The number of benzene rings is 1. The lowest BCUT2D eigenvalue weighted by atomic mass is 9.65. The summed E-state index contributed by atoms with van der Waals surface area (Å²) in [6.07, 6.45) is 2.43. The fraction of sp³-hybridized carbons (Fsp3) is 0.640. The molecule has 3 amide bonds. The third kappa shape index (κ3) is 3.43. The molecule has 6 atom stereocenters. The van der Waals surface area contributed by atoms with Gasteiger partial charge in [0.25, 0.3) is 0 Å². The van der Waals surface area contributed by atoms with Gasteiger partial charge in [-0.2, -0.15) is 0 Å². The topological polar surface area (TPSA) is 139 Å². The number of ether oxygens (including phenoxy) is 1. The third-order valence-corrected chi connectivity index (χ3v) is 8.26. The number of aliphatic hydroxyl groups excluding tert-OH is 1. The Bertz CT molecular complexity index is 1180. The molecule has 3 N–H and O–H groups in total. The van der Waals surface area contributed by atoms with Crippen LogP contribution < -0.4 is 10.6 Å². The van der Waals surface area contributed by atoms with Gasteiger partial charge in [0.2, 0.25) is 17.7 Å². The number of nitrogens with one attached hydrogen (secondary N) is 2. The predicted molar refractivity (Wildman–Crippen MR) is 129 cm³/mol. The summed E-state index contributed by atoms with van der Waals surface area (Å²) < 4.78 is 8.25. The van der Waals surface area contributed by atoms with Crippen molar-refractivity contribution in [1.29, 1.82) is 0 Å². The first-order chi connectivity index (χ1) is 17.3. The largest absolute Gasteiger partial charge is 0.394 e. The minimum Gasteiger partial charge on any atom is -0.394 e. The van der Waals surface area contributed by atoms with Gasteiger partial charge in [-0.05, 0) is 44.7 Å². The molecule has 0 radical (unpaired) electrons. The van der Waals surface area contributed by atoms with Crippen molar-refractivity contribution in [3.8, 4) is 0 Å². The Labute approximate surface area is 209 Å². The molecule has 0 saturated carbocycles. The first-order valence-corrected chi connectivity index (χ1v) is 12.8. The molecule has 1 aromatic carbocycles. The Morgan fingerprint density at radius 1 is 1.22 bits per heavy atom. The van der Waals surface area contributed by atoms with Gasteiger partial charge in [0, 0.05) is 6.54 Å². The molecule has 194 valence electrons. The highest BCUT2D eigenvalue weighted by molar-refractivity contribution is 5.99. The van der Waals surface area contributed by atoms with E-state index in [4.69, 9.17) is 4.74 Å². The van der Waals surface area contributed by atoms with Crippen molar-refractivity contribution in [2.75, 3.05) is 13.2 Å². The van der Waals surface area contributed by atoms with Crippen LogP contribution >= 0.6 is 0 Å². The zero-order valence-electron chi connectivity index (χ0n) is 20.9. The number of hydrogen-bond donors (Lipinski definition) is 3. The molecular weight excluding hydrogens is 464 g/mol. The van der Waals surface area contributed by atoms with E-state index >= 15 is 0 Å². The molecule has 36 heavy (non-hydrogen) atoms. The van der Waals surface area contributed by atoms with E-state index in [9.17, 15) is 19.5 Å². The molecule has 4 heterocycles. The molecule has 11 nitrogen and oxygen atoms in total. The summed E-state index contributed by atoms with van der Waals surface area (Å²) in [5, 5.41) is 24.1. The summed E-state index contributed by atoms with van der Waals surface area (Å²) in [6, 6.07) is 5.85. The number of aromatic nitrogens is 3. The molecule has 5 rings (SSSR count). The third-order valence-electron chi connectivity index (χ3n) is 8.26. The van der Waals surface area contributed by atoms with Crippen LogP contribution in [0, 0.1) is 11.8 Å². The lowest BCUT2D eigenvalue weighted by Gasteiger charge is -2.36. The number of nitrogens with zero attached hydrogens (tertiary/aromatic N) is 4. The zero-order chi connectivity index (χ0) is 25.7. The summed E-state index contributed by atoms with van der Waals surface area (Å²) in [5.41, 5.74) is -0.430. The number of hydrogen-bond acceptors (Lipinski definition) is 7. The molecule has 0 aliphatic carbocycles. The van der Waals surface area contributed by atoms with Crippen molar-refractivity contribution < 1.29 is 24.2 Å². The molecule has 1 aromatic heterocycles. The van der Waals surface area contributed by atoms with Crippen LogP contribution in [0.4, 0.5) is 0 Å². The summed E-state index contributed by atoms with van der Waals surface area (Å²) in [4.78, 5) is 42.5. The van der Waals surface area contributed by atoms with Crippen LogP contribution in [0.2, 0.25) is 0 Å². The standard InChI is InChI=1S/C25H34N6O5/c1-4-12-26-21(33)18-19-23(35)31(15(3)13-32)20(25(19)11-10-24(18,5-2)36-25)22(34)27-14-30-17-9-7-6-8-16(17)28-29-30/h6-9,15,18-20,32H,4-5,10-14H2,1-3H3,(H,26,33)(H,27,34)/t15-,18-,19+,20?,24+,25?/m1/s1. The van der Waals surface area contributed by atoms with Gasteiger partial charge in [0.05, 0.1) is 35.6 Å². The Balaban J connectivity index is 1.48. The maximum Gasteiger partial charge on any atom is 0.247 e. The van der Waals surface area contributed by atoms with Crippen LogP contribution in [0.1, 0.15) is 46.5 Å². The van der Waals surface area contributed by atoms with E-state index in [1.807, 2.05) is 38.1 Å². The van der Waals surface area contributed by atoms with Crippen molar-refractivity contribution >= 4 is 28.8 Å². The van der Waals surface area contributed by atoms with E-state index in [-0.39, 0.29) is 25.1 Å². The van der Waals surface area contributed by atoms with Crippen LogP contribution in [0.25, 0.3) is 11.0 Å². The number of amides is 3. The Hall–Kier alpha value is -3.05. The number of carbonyl (C=O) groups is 3. The van der Waals surface area contributed by atoms with Gasteiger partial charge in [0.15, 0.2) is 0 Å². The molecule has 3 aliphatic heterocycles. The second kappa shape index (κ2) is 9.11. The van der Waals surface area contributed by atoms with E-state index in [2.05, 4.69) is 20.9 Å². The molecule has 1 spiro atoms. The normalized spacial score (nSPS) is 31.6. The monoisotopic (exact) mass is 498 g/mol. The molecule has 3 aliphatic rings. The molecule has 2 bridgehead atoms. The Morgan fingerprint density at radius 2 is 2.00 bits per heavy atom. The fourth-order valence-corrected chi connectivity index (χ4v) is 6.56. The first kappa shape index (κ1) is 24.6. The first-order valence-electron chi connectivity index (χ1n) is 12.8. The van der Waals surface area contributed by atoms with Crippen LogP contribution in [-0.4, -0.2) is 79.2 Å². The molecule has 3 fully saturated rings. The van der Waals surface area contributed by atoms with Crippen LogP contribution in [0.3, 0.4) is 0 Å². The van der Waals surface area contributed by atoms with Crippen molar-refractivity contribution in [1.82, 2.24) is 30.5 Å². The highest BCUT2D eigenvalue weighted by atomic mass is 16.5. The second-order valence-electron chi connectivity index (χ2n) is 10.2. The average molecular weight is 499 g/mol. The maximum absolute atomic E-state index is 13.9. The van der Waals surface area contributed by atoms with Gasteiger partial charge in [-0.3, -0.25) is 14.4 Å². The smallest absolute Gasteiger partial charge is 0.247 e. The second-order valence-corrected chi connectivity index (χ2v) is 10.2. The number of para-hydroxylation sites is 1. The number of likely N-dealkylation sites (tertiary alicyclic amines) is 1. The van der Waals surface area contributed by atoms with Gasteiger partial charge < -0.3 is 25.4 Å². The number of rotatable bonds is 9. The number of aliphatic hydroxyl groups is 1. The minimum absolute atomic E-state index is 0.0610. The summed E-state index contributed by atoms with van der Waals surface area (Å²) >= 11 is 0. The summed E-state index contributed by atoms with van der Waals surface area (Å²) in [7, 11) is 0. The molecular formula is C25H34N6O5. The average Bonchev–Trinajstić information content (AvgIpc) is 3.62. The van der Waals surface area contributed by atoms with Gasteiger partial charge in [-0.25, -0.2) is 4.68 Å². The van der Waals surface area contributed by atoms with Crippen molar-refractivity contribution in [3.63, 3.8) is 0 Å². The molecule has 2 aromatic rings. The number of fused-ring (bicyclic) bond motifs is 2. The minimum atomic E-state index is -1.13. The van der Waals surface area contributed by atoms with E-state index in [1.54, 1.807) is 11.6 Å². The van der Waals surface area contributed by atoms with Gasteiger partial charge in [0.1, 0.15) is 23.8 Å². The Morgan fingerprint density at radius 3 is 2.72 bits per heavy atom. The van der Waals surface area contributed by atoms with Crippen molar-refractivity contribution in [2.45, 2.75) is 76.4 Å². The van der Waals surface area contributed by atoms with E-state index in [0.29, 0.717) is 31.3 Å². The lowest BCUT2D eigenvalue weighted by molar-refractivity contribution is -0.150. The molecule has 2 unspecified atom stereocenters. The Kier molecular flexibility index (Phi) is 6.24. The zero-order valence-corrected chi connectivity index (χ0v) is 20.9. The lowest BCUT2D eigenvalue weighted by Crippen LogP contribution is -2.57. The maximum atomic E-state index is 13.9. The van der Waals surface area contributed by atoms with Gasteiger partial charge in [-0.15, -0.1) is 5.10 Å². The molecule has 3 saturated heterocycles. The highest BCUT2D eigenvalue weighted by Crippen LogP contribution is 2.64. The van der Waals surface area contributed by atoms with Crippen molar-refractivity contribution in [2.24, 2.45) is 11.8 Å². The van der Waals surface area contributed by atoms with Crippen LogP contribution in [-0.2, 0) is 25.8 Å². The van der Waals surface area contributed by atoms with E-state index in [0.717, 1.165) is 11.9 Å². The van der Waals surface area contributed by atoms with Crippen molar-refractivity contribution in [3.05, 3.63) is 24.3 Å². The predicted octanol–water partition coefficient (Wildman–Crippen LogP) is 0.567. The van der Waals surface area contributed by atoms with E-state index < -0.39 is 41.0 Å². The SMILES string of the molecule is CCCNC(=O)[C@H]1[C@H]2C(=O)N([C@H](C)CO)C(C(=O)NCn3nnc4ccccc43)C23CC[C@]1(CC)O3.